The highest BCUT2D eigenvalue weighted by Crippen LogP contribution is 2.18. The van der Waals surface area contributed by atoms with Crippen LogP contribution < -0.4 is 11.2 Å². The van der Waals surface area contributed by atoms with Crippen LogP contribution in [0.5, 0.6) is 0 Å². The lowest BCUT2D eigenvalue weighted by molar-refractivity contribution is 0.0641. The molecule has 0 spiro atoms. The average molecular weight is 314 g/mol. The van der Waals surface area contributed by atoms with Crippen LogP contribution in [-0.4, -0.2) is 53.0 Å². The topological polar surface area (TPSA) is 71.6 Å². The third kappa shape index (κ3) is 2.70. The van der Waals surface area contributed by atoms with Crippen LogP contribution in [0.4, 0.5) is 5.69 Å². The lowest BCUT2D eigenvalue weighted by atomic mass is 10.1. The molecule has 1 saturated heterocycles. The summed E-state index contributed by atoms with van der Waals surface area (Å²) in [5.74, 6) is -0.202. The first-order valence-electron chi connectivity index (χ1n) is 7.92. The lowest BCUT2D eigenvalue weighted by Crippen LogP contribution is -2.49. The van der Waals surface area contributed by atoms with E-state index < -0.39 is 0 Å². The van der Waals surface area contributed by atoms with Crippen LogP contribution in [-0.2, 0) is 7.05 Å². The number of aryl methyl sites for hydroxylation is 1. The molecule has 1 aromatic heterocycles. The number of nitrogens with two attached hydrogens (primary N) is 1. The van der Waals surface area contributed by atoms with Crippen molar-refractivity contribution in [3.63, 3.8) is 0 Å². The zero-order valence-corrected chi connectivity index (χ0v) is 13.6. The zero-order valence-electron chi connectivity index (χ0n) is 13.6. The van der Waals surface area contributed by atoms with Crippen molar-refractivity contribution in [2.45, 2.75) is 6.92 Å². The van der Waals surface area contributed by atoms with Crippen molar-refractivity contribution < 1.29 is 4.79 Å². The Balaban J connectivity index is 2.00. The first-order chi connectivity index (χ1) is 11.0. The van der Waals surface area contributed by atoms with Crippen molar-refractivity contribution in [1.82, 2.24) is 14.4 Å². The Morgan fingerprint density at radius 1 is 1.22 bits per heavy atom. The number of nitrogen functional groups attached to an aromatic ring is 1. The Labute approximate surface area is 135 Å². The maximum Gasteiger partial charge on any atom is 0.259 e. The van der Waals surface area contributed by atoms with E-state index in [1.807, 2.05) is 19.2 Å². The summed E-state index contributed by atoms with van der Waals surface area (Å²) in [4.78, 5) is 29.6. The molecule has 1 aromatic carbocycles. The minimum Gasteiger partial charge on any atom is -0.398 e. The number of rotatable bonds is 2. The van der Waals surface area contributed by atoms with Crippen LogP contribution >= 0.6 is 0 Å². The average Bonchev–Trinajstić information content (AvgIpc) is 2.57. The van der Waals surface area contributed by atoms with Gasteiger partial charge in [0.1, 0.15) is 5.56 Å². The van der Waals surface area contributed by atoms with E-state index >= 15 is 0 Å². The zero-order chi connectivity index (χ0) is 16.6. The second kappa shape index (κ2) is 6.04. The molecular weight excluding hydrogens is 292 g/mol. The van der Waals surface area contributed by atoms with Gasteiger partial charge in [-0.25, -0.2) is 0 Å². The predicted molar refractivity (Wildman–Crippen MR) is 91.6 cm³/mol. The van der Waals surface area contributed by atoms with Gasteiger partial charge >= 0.3 is 0 Å². The Hall–Kier alpha value is -2.34. The molecule has 2 aromatic rings. The Kier molecular flexibility index (Phi) is 4.09. The van der Waals surface area contributed by atoms with Crippen LogP contribution in [0.1, 0.15) is 17.3 Å². The van der Waals surface area contributed by atoms with Gasteiger partial charge < -0.3 is 20.1 Å². The molecule has 0 bridgehead atoms. The fourth-order valence-electron chi connectivity index (χ4n) is 3.15. The molecule has 0 aliphatic carbocycles. The van der Waals surface area contributed by atoms with Crippen LogP contribution in [0.3, 0.4) is 0 Å². The molecule has 6 nitrogen and oxygen atoms in total. The van der Waals surface area contributed by atoms with E-state index in [2.05, 4.69) is 11.8 Å². The first kappa shape index (κ1) is 15.6. The van der Waals surface area contributed by atoms with Gasteiger partial charge in [-0.3, -0.25) is 9.59 Å². The maximum atomic E-state index is 12.8. The standard InChI is InChI=1S/C17H22N4O2/c1-3-20-7-9-21(10-8-20)17(23)12-11-19(2)14-6-4-5-13(18)15(14)16(12)22/h4-6,11H,3,7-10,18H2,1-2H3. The summed E-state index contributed by atoms with van der Waals surface area (Å²) in [7, 11) is 1.83. The molecule has 23 heavy (non-hydrogen) atoms. The van der Waals surface area contributed by atoms with Gasteiger partial charge in [0.15, 0.2) is 0 Å². The van der Waals surface area contributed by atoms with Gasteiger partial charge in [-0.05, 0) is 18.7 Å². The molecule has 0 saturated carbocycles. The lowest BCUT2D eigenvalue weighted by Gasteiger charge is -2.34. The SMILES string of the molecule is CCN1CCN(C(=O)c2cn(C)c3cccc(N)c3c2=O)CC1. The molecule has 0 radical (unpaired) electrons. The molecule has 2 heterocycles. The van der Waals surface area contributed by atoms with E-state index in [9.17, 15) is 9.59 Å². The van der Waals surface area contributed by atoms with E-state index in [4.69, 9.17) is 5.73 Å². The summed E-state index contributed by atoms with van der Waals surface area (Å²) in [5.41, 5.74) is 7.03. The molecular formula is C17H22N4O2. The van der Waals surface area contributed by atoms with Gasteiger partial charge in [-0.1, -0.05) is 13.0 Å². The summed E-state index contributed by atoms with van der Waals surface area (Å²) in [6.45, 7) is 6.09. The predicted octanol–water partition coefficient (Wildman–Crippen LogP) is 0.898. The van der Waals surface area contributed by atoms with Gasteiger partial charge in [0.05, 0.1) is 10.9 Å². The van der Waals surface area contributed by atoms with Gasteiger partial charge in [-0.2, -0.15) is 0 Å². The number of aromatic nitrogens is 1. The fourth-order valence-corrected chi connectivity index (χ4v) is 3.15. The quantitative estimate of drug-likeness (QED) is 0.836. The third-order valence-corrected chi connectivity index (χ3v) is 4.59. The van der Waals surface area contributed by atoms with Gasteiger partial charge in [0.2, 0.25) is 5.43 Å². The highest BCUT2D eigenvalue weighted by Gasteiger charge is 2.24. The number of carbonyl (C=O) groups excluding carboxylic acids is 1. The molecule has 122 valence electrons. The molecule has 1 aliphatic heterocycles. The second-order valence-corrected chi connectivity index (χ2v) is 5.95. The first-order valence-corrected chi connectivity index (χ1v) is 7.92. The number of carbonyl (C=O) groups is 1. The van der Waals surface area contributed by atoms with Crippen molar-refractivity contribution in [3.8, 4) is 0 Å². The molecule has 6 heteroatoms. The van der Waals surface area contributed by atoms with Crippen LogP contribution in [0.25, 0.3) is 10.9 Å². The van der Waals surface area contributed by atoms with Crippen molar-refractivity contribution in [2.24, 2.45) is 7.05 Å². The van der Waals surface area contributed by atoms with E-state index in [0.717, 1.165) is 25.2 Å². The monoisotopic (exact) mass is 314 g/mol. The minimum atomic E-state index is -0.279. The van der Waals surface area contributed by atoms with Crippen molar-refractivity contribution in [1.29, 1.82) is 0 Å². The van der Waals surface area contributed by atoms with Crippen LogP contribution in [0, 0.1) is 0 Å². The Bertz CT molecular complexity index is 804. The largest absolute Gasteiger partial charge is 0.398 e. The fraction of sp³-hybridized carbons (Fsp3) is 0.412. The number of likely N-dealkylation sites (N-methyl/N-ethyl adjacent to an activating group) is 1. The second-order valence-electron chi connectivity index (χ2n) is 5.95. The summed E-state index contributed by atoms with van der Waals surface area (Å²) in [6.07, 6.45) is 1.62. The smallest absolute Gasteiger partial charge is 0.259 e. The number of pyridine rings is 1. The van der Waals surface area contributed by atoms with Crippen molar-refractivity contribution in [2.75, 3.05) is 38.5 Å². The van der Waals surface area contributed by atoms with Gasteiger partial charge in [-0.15, -0.1) is 0 Å². The van der Waals surface area contributed by atoms with Crippen molar-refractivity contribution in [3.05, 3.63) is 40.2 Å². The highest BCUT2D eigenvalue weighted by molar-refractivity contribution is 6.00. The molecule has 0 atom stereocenters. The molecule has 1 amide bonds. The number of hydrogen-bond acceptors (Lipinski definition) is 4. The van der Waals surface area contributed by atoms with Crippen molar-refractivity contribution >= 4 is 22.5 Å². The number of nitrogens with zero attached hydrogens (tertiary/aromatic N) is 3. The number of anilines is 1. The summed E-state index contributed by atoms with van der Waals surface area (Å²) >= 11 is 0. The molecule has 2 N–H and O–H groups in total. The van der Waals surface area contributed by atoms with Crippen LogP contribution in [0.2, 0.25) is 0 Å². The van der Waals surface area contributed by atoms with Gasteiger partial charge in [0.25, 0.3) is 5.91 Å². The number of piperazine rings is 1. The summed E-state index contributed by atoms with van der Waals surface area (Å²) in [6, 6.07) is 5.34. The Morgan fingerprint density at radius 3 is 2.57 bits per heavy atom. The number of hydrogen-bond donors (Lipinski definition) is 1. The number of fused-ring (bicyclic) bond motifs is 1. The molecule has 1 aliphatic rings. The van der Waals surface area contributed by atoms with E-state index in [-0.39, 0.29) is 16.9 Å². The van der Waals surface area contributed by atoms with E-state index in [0.29, 0.717) is 24.2 Å². The maximum absolute atomic E-state index is 12.8. The molecule has 1 fully saturated rings. The van der Waals surface area contributed by atoms with E-state index in [1.54, 1.807) is 21.7 Å². The minimum absolute atomic E-state index is 0.197. The highest BCUT2D eigenvalue weighted by atomic mass is 16.2. The van der Waals surface area contributed by atoms with Gasteiger partial charge in [0, 0.05) is 45.1 Å². The third-order valence-electron chi connectivity index (χ3n) is 4.59. The van der Waals surface area contributed by atoms with E-state index in [1.165, 1.54) is 0 Å². The summed E-state index contributed by atoms with van der Waals surface area (Å²) in [5, 5.41) is 0.424. The number of amides is 1. The molecule has 0 unspecified atom stereocenters. The summed E-state index contributed by atoms with van der Waals surface area (Å²) < 4.78 is 1.79. The molecule has 3 rings (SSSR count). The van der Waals surface area contributed by atoms with Crippen LogP contribution in [0.15, 0.2) is 29.2 Å². The Morgan fingerprint density at radius 2 is 1.91 bits per heavy atom. The normalized spacial score (nSPS) is 16.0. The number of benzene rings is 1.